The second-order valence-corrected chi connectivity index (χ2v) is 3.52. The van der Waals surface area contributed by atoms with E-state index in [9.17, 15) is 4.79 Å². The number of anilines is 1. The average Bonchev–Trinajstić information content (AvgIpc) is 2.70. The Balaban J connectivity index is 2.27. The molecular formula is C11H14N2O3. The van der Waals surface area contributed by atoms with Gasteiger partial charge in [0.1, 0.15) is 11.9 Å². The summed E-state index contributed by atoms with van der Waals surface area (Å²) in [5.74, 6) is 0.650. The number of carbonyl (C=O) groups excluding carboxylic acids is 1. The first-order chi connectivity index (χ1) is 7.76. The summed E-state index contributed by atoms with van der Waals surface area (Å²) in [6, 6.07) is 7.32. The fraction of sp³-hybridized carbons (Fsp3) is 0.364. The molecule has 1 amide bonds. The van der Waals surface area contributed by atoms with E-state index in [4.69, 9.17) is 15.2 Å². The van der Waals surface area contributed by atoms with E-state index in [1.807, 2.05) is 18.2 Å². The smallest absolute Gasteiger partial charge is 0.414 e. The van der Waals surface area contributed by atoms with Gasteiger partial charge >= 0.3 is 6.09 Å². The number of carbonyl (C=O) groups is 1. The molecule has 1 fully saturated rings. The molecule has 2 N–H and O–H groups in total. The summed E-state index contributed by atoms with van der Waals surface area (Å²) in [5.41, 5.74) is 6.19. The van der Waals surface area contributed by atoms with Crippen LogP contribution < -0.4 is 15.4 Å². The van der Waals surface area contributed by atoms with Crippen LogP contribution in [-0.4, -0.2) is 32.4 Å². The van der Waals surface area contributed by atoms with Crippen molar-refractivity contribution in [3.05, 3.63) is 24.3 Å². The number of hydrogen-bond donors (Lipinski definition) is 1. The largest absolute Gasteiger partial charge is 0.495 e. The third-order valence-electron chi connectivity index (χ3n) is 2.51. The van der Waals surface area contributed by atoms with Crippen LogP contribution in [0.1, 0.15) is 0 Å². The number of rotatable bonds is 3. The normalized spacial score (nSPS) is 19.8. The minimum atomic E-state index is -0.375. The second-order valence-electron chi connectivity index (χ2n) is 3.52. The van der Waals surface area contributed by atoms with Crippen LogP contribution in [0.4, 0.5) is 10.5 Å². The molecule has 0 radical (unpaired) electrons. The van der Waals surface area contributed by atoms with Crippen LogP contribution in [0.3, 0.4) is 0 Å². The van der Waals surface area contributed by atoms with Gasteiger partial charge in [0.2, 0.25) is 0 Å². The maximum Gasteiger partial charge on any atom is 0.414 e. The Bertz CT molecular complexity index is 395. The van der Waals surface area contributed by atoms with Gasteiger partial charge in [0, 0.05) is 6.54 Å². The molecule has 1 atom stereocenters. The third-order valence-corrected chi connectivity index (χ3v) is 2.51. The Hall–Kier alpha value is -1.75. The summed E-state index contributed by atoms with van der Waals surface area (Å²) in [6.07, 6.45) is -0.614. The van der Waals surface area contributed by atoms with Crippen molar-refractivity contribution in [1.82, 2.24) is 0 Å². The zero-order valence-electron chi connectivity index (χ0n) is 9.05. The highest BCUT2D eigenvalue weighted by atomic mass is 16.6. The van der Waals surface area contributed by atoms with E-state index >= 15 is 0 Å². The summed E-state index contributed by atoms with van der Waals surface area (Å²) in [4.78, 5) is 13.1. The maximum absolute atomic E-state index is 11.6. The lowest BCUT2D eigenvalue weighted by atomic mass is 10.2. The number of hydrogen-bond acceptors (Lipinski definition) is 4. The highest BCUT2D eigenvalue weighted by Crippen LogP contribution is 2.30. The number of ether oxygens (including phenoxy) is 2. The number of nitrogens with two attached hydrogens (primary N) is 1. The van der Waals surface area contributed by atoms with E-state index in [2.05, 4.69) is 0 Å². The molecule has 16 heavy (non-hydrogen) atoms. The van der Waals surface area contributed by atoms with Crippen LogP contribution in [0.2, 0.25) is 0 Å². The van der Waals surface area contributed by atoms with Crippen molar-refractivity contribution in [2.24, 2.45) is 5.73 Å². The van der Waals surface area contributed by atoms with E-state index in [0.29, 0.717) is 24.5 Å². The topological polar surface area (TPSA) is 64.8 Å². The summed E-state index contributed by atoms with van der Waals surface area (Å²) >= 11 is 0. The molecule has 86 valence electrons. The first-order valence-electron chi connectivity index (χ1n) is 5.07. The lowest BCUT2D eigenvalue weighted by molar-refractivity contribution is 0.145. The Kier molecular flexibility index (Phi) is 2.96. The quantitative estimate of drug-likeness (QED) is 0.828. The lowest BCUT2D eigenvalue weighted by Gasteiger charge is -2.16. The molecule has 5 nitrogen and oxygen atoms in total. The summed E-state index contributed by atoms with van der Waals surface area (Å²) in [5, 5.41) is 0. The van der Waals surface area contributed by atoms with Crippen molar-refractivity contribution in [2.75, 3.05) is 25.1 Å². The van der Waals surface area contributed by atoms with Crippen molar-refractivity contribution in [3.63, 3.8) is 0 Å². The number of cyclic esters (lactones) is 1. The van der Waals surface area contributed by atoms with E-state index in [1.165, 1.54) is 4.90 Å². The number of amides is 1. The highest BCUT2D eigenvalue weighted by molar-refractivity contribution is 5.91. The predicted octanol–water partition coefficient (Wildman–Crippen LogP) is 0.979. The molecule has 2 rings (SSSR count). The van der Waals surface area contributed by atoms with Crippen LogP contribution in [0, 0.1) is 0 Å². The molecule has 1 aliphatic rings. The molecule has 1 aliphatic heterocycles. The standard InChI is InChI=1S/C11H14N2O3/c1-15-10-5-3-2-4-9(10)13-7-8(6-12)16-11(13)14/h2-5,8H,6-7,12H2,1H3. The average molecular weight is 222 g/mol. The Morgan fingerprint density at radius 3 is 2.94 bits per heavy atom. The fourth-order valence-corrected chi connectivity index (χ4v) is 1.69. The number of methoxy groups -OCH3 is 1. The van der Waals surface area contributed by atoms with Gasteiger partial charge in [-0.2, -0.15) is 0 Å². The number of para-hydroxylation sites is 2. The number of nitrogens with zero attached hydrogens (tertiary/aromatic N) is 1. The molecule has 5 heteroatoms. The van der Waals surface area contributed by atoms with Crippen LogP contribution in [0.15, 0.2) is 24.3 Å². The summed E-state index contributed by atoms with van der Waals surface area (Å²) < 4.78 is 10.3. The Morgan fingerprint density at radius 1 is 1.56 bits per heavy atom. The second kappa shape index (κ2) is 4.40. The van der Waals surface area contributed by atoms with Gasteiger partial charge < -0.3 is 15.2 Å². The number of benzene rings is 1. The minimum Gasteiger partial charge on any atom is -0.495 e. The highest BCUT2D eigenvalue weighted by Gasteiger charge is 2.32. The van der Waals surface area contributed by atoms with Crippen molar-refractivity contribution in [2.45, 2.75) is 6.10 Å². The maximum atomic E-state index is 11.6. The van der Waals surface area contributed by atoms with Crippen molar-refractivity contribution in [3.8, 4) is 5.75 Å². The van der Waals surface area contributed by atoms with Gasteiger partial charge in [-0.3, -0.25) is 4.90 Å². The van der Waals surface area contributed by atoms with Gasteiger partial charge in [-0.05, 0) is 12.1 Å². The van der Waals surface area contributed by atoms with E-state index < -0.39 is 0 Å². The molecule has 1 aromatic carbocycles. The van der Waals surface area contributed by atoms with Crippen LogP contribution in [0.5, 0.6) is 5.75 Å². The molecule has 1 aromatic rings. The van der Waals surface area contributed by atoms with Crippen molar-refractivity contribution < 1.29 is 14.3 Å². The molecule has 0 aromatic heterocycles. The molecule has 1 saturated heterocycles. The molecule has 0 bridgehead atoms. The molecule has 1 heterocycles. The van der Waals surface area contributed by atoms with E-state index in [-0.39, 0.29) is 12.2 Å². The first-order valence-corrected chi connectivity index (χ1v) is 5.07. The van der Waals surface area contributed by atoms with Crippen molar-refractivity contribution >= 4 is 11.8 Å². The van der Waals surface area contributed by atoms with Gasteiger partial charge in [-0.15, -0.1) is 0 Å². The fourth-order valence-electron chi connectivity index (χ4n) is 1.69. The van der Waals surface area contributed by atoms with Gasteiger partial charge in [0.05, 0.1) is 19.3 Å². The van der Waals surface area contributed by atoms with E-state index in [1.54, 1.807) is 13.2 Å². The van der Waals surface area contributed by atoms with Gasteiger partial charge in [0.15, 0.2) is 0 Å². The minimum absolute atomic E-state index is 0.239. The monoisotopic (exact) mass is 222 g/mol. The SMILES string of the molecule is COc1ccccc1N1CC(CN)OC1=O. The molecule has 1 unspecified atom stereocenters. The Morgan fingerprint density at radius 2 is 2.31 bits per heavy atom. The predicted molar refractivity (Wildman–Crippen MR) is 59.7 cm³/mol. The summed E-state index contributed by atoms with van der Waals surface area (Å²) in [6.45, 7) is 0.799. The van der Waals surface area contributed by atoms with Gasteiger partial charge in [-0.25, -0.2) is 4.79 Å². The van der Waals surface area contributed by atoms with Crippen LogP contribution in [0.25, 0.3) is 0 Å². The zero-order valence-corrected chi connectivity index (χ0v) is 9.05. The zero-order chi connectivity index (χ0) is 11.5. The van der Waals surface area contributed by atoms with Crippen molar-refractivity contribution in [1.29, 1.82) is 0 Å². The van der Waals surface area contributed by atoms with Crippen LogP contribution >= 0.6 is 0 Å². The first kappa shape index (κ1) is 10.8. The van der Waals surface area contributed by atoms with Crippen LogP contribution in [-0.2, 0) is 4.74 Å². The van der Waals surface area contributed by atoms with Gasteiger partial charge in [0.25, 0.3) is 0 Å². The molecule has 0 aliphatic carbocycles. The third kappa shape index (κ3) is 1.81. The lowest BCUT2D eigenvalue weighted by Crippen LogP contribution is -2.27. The molecule has 0 saturated carbocycles. The van der Waals surface area contributed by atoms with Gasteiger partial charge in [-0.1, -0.05) is 12.1 Å². The van der Waals surface area contributed by atoms with E-state index in [0.717, 1.165) is 0 Å². The molecule has 0 spiro atoms. The summed E-state index contributed by atoms with van der Waals surface area (Å²) in [7, 11) is 1.57. The Labute approximate surface area is 93.7 Å². The molecular weight excluding hydrogens is 208 g/mol.